The van der Waals surface area contributed by atoms with E-state index in [0.29, 0.717) is 0 Å². The van der Waals surface area contributed by atoms with E-state index in [9.17, 15) is 0 Å². The zero-order chi connectivity index (χ0) is 13.1. The Morgan fingerprint density at radius 2 is 1.55 bits per heavy atom. The Morgan fingerprint density at radius 1 is 0.650 bits per heavy atom. The highest BCUT2D eigenvalue weighted by molar-refractivity contribution is 6.20. The molecule has 0 atom stereocenters. The van der Waals surface area contributed by atoms with Gasteiger partial charge in [0.1, 0.15) is 0 Å². The molecule has 0 spiro atoms. The molecule has 4 aromatic rings. The van der Waals surface area contributed by atoms with Crippen LogP contribution < -0.4 is 0 Å². The summed E-state index contributed by atoms with van der Waals surface area (Å²) in [6.45, 7) is 0. The van der Waals surface area contributed by atoms with Crippen molar-refractivity contribution in [3.05, 3.63) is 72.8 Å². The van der Waals surface area contributed by atoms with E-state index in [2.05, 4.69) is 66.7 Å². The van der Waals surface area contributed by atoms with E-state index in [1.54, 1.807) is 0 Å². The Labute approximate surface area is 117 Å². The van der Waals surface area contributed by atoms with Gasteiger partial charge in [-0.1, -0.05) is 66.7 Å². The summed E-state index contributed by atoms with van der Waals surface area (Å²) in [5.41, 5.74) is 5.28. The summed E-state index contributed by atoms with van der Waals surface area (Å²) in [4.78, 5) is 0. The Kier molecular flexibility index (Phi) is 1.78. The summed E-state index contributed by atoms with van der Waals surface area (Å²) >= 11 is 0. The van der Waals surface area contributed by atoms with Crippen LogP contribution in [0.3, 0.4) is 0 Å². The van der Waals surface area contributed by atoms with Gasteiger partial charge in [-0.2, -0.15) is 0 Å². The summed E-state index contributed by atoms with van der Waals surface area (Å²) in [6.07, 6.45) is 0. The Balaban J connectivity index is 2.08. The molecule has 0 unspecified atom stereocenters. The largest absolute Gasteiger partial charge is 0.0616 e. The van der Waals surface area contributed by atoms with Crippen molar-refractivity contribution >= 4 is 21.5 Å². The van der Waals surface area contributed by atoms with Crippen LogP contribution in [0.15, 0.2) is 66.7 Å². The van der Waals surface area contributed by atoms with Crippen molar-refractivity contribution in [1.82, 2.24) is 0 Å². The molecule has 0 nitrogen and oxygen atoms in total. The van der Waals surface area contributed by atoms with E-state index in [1.807, 2.05) is 6.07 Å². The number of fused-ring (bicyclic) bond motifs is 5. The molecule has 0 bridgehead atoms. The molecule has 5 rings (SSSR count). The third-order valence-electron chi connectivity index (χ3n) is 4.31. The van der Waals surface area contributed by atoms with Gasteiger partial charge in [-0.3, -0.25) is 0 Å². The highest BCUT2D eigenvalue weighted by Crippen LogP contribution is 2.49. The molecule has 0 aromatic heterocycles. The van der Waals surface area contributed by atoms with Gasteiger partial charge in [0.15, 0.2) is 0 Å². The van der Waals surface area contributed by atoms with Crippen molar-refractivity contribution < 1.29 is 0 Å². The van der Waals surface area contributed by atoms with E-state index in [0.717, 1.165) is 0 Å². The van der Waals surface area contributed by atoms with E-state index in [1.165, 1.54) is 43.8 Å². The minimum absolute atomic E-state index is 1.25. The molecule has 4 aromatic carbocycles. The SMILES string of the molecule is [c]1ccc2cccc3c2c1-c1c-3ccc2ccccc12. The summed E-state index contributed by atoms with van der Waals surface area (Å²) in [5, 5.41) is 5.27. The second-order valence-electron chi connectivity index (χ2n) is 5.33. The molecular weight excluding hydrogens is 240 g/mol. The minimum Gasteiger partial charge on any atom is -0.0616 e. The second kappa shape index (κ2) is 3.49. The average Bonchev–Trinajstić information content (AvgIpc) is 2.85. The Bertz CT molecular complexity index is 988. The highest BCUT2D eigenvalue weighted by Gasteiger charge is 2.22. The third-order valence-corrected chi connectivity index (χ3v) is 4.31. The lowest BCUT2D eigenvalue weighted by atomic mass is 9.97. The molecule has 0 N–H and O–H groups in total. The van der Waals surface area contributed by atoms with Crippen LogP contribution in [-0.2, 0) is 0 Å². The topological polar surface area (TPSA) is 0 Å². The highest BCUT2D eigenvalue weighted by atomic mass is 14.2. The van der Waals surface area contributed by atoms with Crippen molar-refractivity contribution in [2.75, 3.05) is 0 Å². The smallest absolute Gasteiger partial charge is 0.000785 e. The molecule has 0 fully saturated rings. The van der Waals surface area contributed by atoms with Gasteiger partial charge in [0.2, 0.25) is 0 Å². The fraction of sp³-hybridized carbons (Fsp3) is 0. The monoisotopic (exact) mass is 251 g/mol. The first-order valence-electron chi connectivity index (χ1n) is 6.89. The zero-order valence-corrected chi connectivity index (χ0v) is 10.9. The van der Waals surface area contributed by atoms with Crippen LogP contribution in [0.25, 0.3) is 43.8 Å². The molecule has 0 aliphatic heterocycles. The molecule has 1 aliphatic rings. The fourth-order valence-electron chi connectivity index (χ4n) is 3.46. The molecule has 0 amide bonds. The summed E-state index contributed by atoms with van der Waals surface area (Å²) in [6, 6.07) is 27.3. The standard InChI is InChI=1S/C20H11/c1-2-8-15-13(5-1)11-12-17-16-9-3-6-14-7-4-10-18(19(14)16)20(15)17/h1-9,11-12H. The molecule has 91 valence electrons. The van der Waals surface area contributed by atoms with Crippen LogP contribution in [-0.4, -0.2) is 0 Å². The predicted molar refractivity (Wildman–Crippen MR) is 84.7 cm³/mol. The van der Waals surface area contributed by atoms with Crippen LogP contribution in [0.4, 0.5) is 0 Å². The first-order valence-corrected chi connectivity index (χ1v) is 6.89. The van der Waals surface area contributed by atoms with Crippen LogP contribution in [0.1, 0.15) is 0 Å². The molecule has 0 saturated heterocycles. The zero-order valence-electron chi connectivity index (χ0n) is 10.9. The van der Waals surface area contributed by atoms with Gasteiger partial charge in [-0.05, 0) is 49.9 Å². The lowest BCUT2D eigenvalue weighted by molar-refractivity contribution is 1.73. The van der Waals surface area contributed by atoms with Crippen molar-refractivity contribution in [3.8, 4) is 22.3 Å². The number of hydrogen-bond donors (Lipinski definition) is 0. The predicted octanol–water partition coefficient (Wildman–Crippen LogP) is 5.44. The lowest BCUT2D eigenvalue weighted by Crippen LogP contribution is -1.80. The first-order chi connectivity index (χ1) is 9.93. The molecule has 0 saturated carbocycles. The van der Waals surface area contributed by atoms with Crippen molar-refractivity contribution in [1.29, 1.82) is 0 Å². The molecule has 1 radical (unpaired) electrons. The molecule has 0 heterocycles. The first kappa shape index (κ1) is 10.2. The third kappa shape index (κ3) is 1.12. The van der Waals surface area contributed by atoms with E-state index in [4.69, 9.17) is 0 Å². The summed E-state index contributed by atoms with van der Waals surface area (Å²) in [5.74, 6) is 0. The van der Waals surface area contributed by atoms with E-state index >= 15 is 0 Å². The number of hydrogen-bond acceptors (Lipinski definition) is 0. The molecule has 20 heavy (non-hydrogen) atoms. The van der Waals surface area contributed by atoms with Crippen molar-refractivity contribution in [2.45, 2.75) is 0 Å². The van der Waals surface area contributed by atoms with Crippen LogP contribution in [0.5, 0.6) is 0 Å². The summed E-state index contributed by atoms with van der Waals surface area (Å²) in [7, 11) is 0. The van der Waals surface area contributed by atoms with Gasteiger partial charge in [-0.25, -0.2) is 0 Å². The average molecular weight is 251 g/mol. The van der Waals surface area contributed by atoms with Gasteiger partial charge in [0.25, 0.3) is 0 Å². The molecular formula is C20H11. The maximum Gasteiger partial charge on any atom is -0.000785 e. The summed E-state index contributed by atoms with van der Waals surface area (Å²) < 4.78 is 0. The normalized spacial score (nSPS) is 12.0. The van der Waals surface area contributed by atoms with Gasteiger partial charge in [0.05, 0.1) is 0 Å². The maximum absolute atomic E-state index is 3.46. The van der Waals surface area contributed by atoms with Gasteiger partial charge in [-0.15, -0.1) is 0 Å². The van der Waals surface area contributed by atoms with Gasteiger partial charge < -0.3 is 0 Å². The lowest BCUT2D eigenvalue weighted by Gasteiger charge is -2.06. The second-order valence-corrected chi connectivity index (χ2v) is 5.33. The van der Waals surface area contributed by atoms with Gasteiger partial charge in [0, 0.05) is 0 Å². The quantitative estimate of drug-likeness (QED) is 0.344. The molecule has 0 heteroatoms. The molecule has 1 aliphatic carbocycles. The van der Waals surface area contributed by atoms with Gasteiger partial charge >= 0.3 is 0 Å². The number of rotatable bonds is 0. The van der Waals surface area contributed by atoms with Crippen molar-refractivity contribution in [2.24, 2.45) is 0 Å². The van der Waals surface area contributed by atoms with Crippen LogP contribution in [0.2, 0.25) is 0 Å². The Hall–Kier alpha value is -2.60. The van der Waals surface area contributed by atoms with E-state index < -0.39 is 0 Å². The van der Waals surface area contributed by atoms with Crippen LogP contribution >= 0.6 is 0 Å². The Morgan fingerprint density at radius 3 is 2.55 bits per heavy atom. The number of benzene rings is 4. The van der Waals surface area contributed by atoms with E-state index in [-0.39, 0.29) is 0 Å². The minimum atomic E-state index is 1.25. The van der Waals surface area contributed by atoms with Crippen molar-refractivity contribution in [3.63, 3.8) is 0 Å². The maximum atomic E-state index is 3.46. The fourth-order valence-corrected chi connectivity index (χ4v) is 3.46. The van der Waals surface area contributed by atoms with Crippen LogP contribution in [0, 0.1) is 6.07 Å².